The molecule has 1 fully saturated rings. The number of likely N-dealkylation sites (tertiary alicyclic amines) is 1. The highest BCUT2D eigenvalue weighted by Crippen LogP contribution is 2.31. The molecule has 2 amide bonds. The molecule has 2 N–H and O–H groups in total. The smallest absolute Gasteiger partial charge is 0.323 e. The fourth-order valence-corrected chi connectivity index (χ4v) is 2.09. The lowest BCUT2D eigenvalue weighted by atomic mass is 9.80. The molecule has 1 aromatic heterocycles. The third kappa shape index (κ3) is 2.86. The van der Waals surface area contributed by atoms with E-state index in [-0.39, 0.29) is 6.03 Å². The maximum atomic E-state index is 12.0. The van der Waals surface area contributed by atoms with E-state index in [2.05, 4.69) is 10.4 Å². The largest absolute Gasteiger partial charge is 0.481 e. The normalized spacial score (nSPS) is 18.1. The molecule has 2 heterocycles. The Kier molecular flexibility index (Phi) is 3.46. The van der Waals surface area contributed by atoms with E-state index in [0.29, 0.717) is 31.7 Å². The molecule has 0 atom stereocenters. The van der Waals surface area contributed by atoms with Gasteiger partial charge in [-0.15, -0.1) is 0 Å². The second-order valence-electron chi connectivity index (χ2n) is 5.16. The molecule has 2 rings (SSSR count). The summed E-state index contributed by atoms with van der Waals surface area (Å²) in [6.07, 6.45) is 2.68. The zero-order valence-corrected chi connectivity index (χ0v) is 11.1. The molecule has 104 valence electrons. The number of hydrogen-bond acceptors (Lipinski definition) is 3. The number of piperidine rings is 1. The molecule has 1 aromatic rings. The summed E-state index contributed by atoms with van der Waals surface area (Å²) in [6, 6.07) is 1.48. The first-order valence-corrected chi connectivity index (χ1v) is 6.20. The molecule has 0 saturated carbocycles. The van der Waals surface area contributed by atoms with Gasteiger partial charge in [0.1, 0.15) is 0 Å². The summed E-state index contributed by atoms with van der Waals surface area (Å²) in [6.45, 7) is 2.62. The fraction of sp³-hybridized carbons (Fsp3) is 0.583. The average Bonchev–Trinajstić information content (AvgIpc) is 2.75. The maximum absolute atomic E-state index is 12.0. The molecular weight excluding hydrogens is 248 g/mol. The first kappa shape index (κ1) is 13.4. The van der Waals surface area contributed by atoms with Crippen molar-refractivity contribution in [3.63, 3.8) is 0 Å². The number of aryl methyl sites for hydroxylation is 1. The zero-order valence-electron chi connectivity index (χ0n) is 11.1. The minimum atomic E-state index is -0.794. The Bertz CT molecular complexity index is 489. The average molecular weight is 266 g/mol. The molecule has 1 aliphatic rings. The van der Waals surface area contributed by atoms with Crippen LogP contribution in [0, 0.1) is 5.41 Å². The van der Waals surface area contributed by atoms with E-state index >= 15 is 0 Å². The van der Waals surface area contributed by atoms with Crippen LogP contribution >= 0.6 is 0 Å². The predicted octanol–water partition coefficient (Wildman–Crippen LogP) is 1.14. The fourth-order valence-electron chi connectivity index (χ4n) is 2.09. The van der Waals surface area contributed by atoms with Gasteiger partial charge in [0, 0.05) is 32.4 Å². The van der Waals surface area contributed by atoms with Crippen molar-refractivity contribution < 1.29 is 14.7 Å². The Labute approximate surface area is 111 Å². The lowest BCUT2D eigenvalue weighted by Crippen LogP contribution is -2.46. The van der Waals surface area contributed by atoms with E-state index in [9.17, 15) is 9.59 Å². The van der Waals surface area contributed by atoms with E-state index in [1.807, 2.05) is 0 Å². The number of rotatable bonds is 2. The number of amides is 2. The van der Waals surface area contributed by atoms with Gasteiger partial charge in [-0.25, -0.2) is 4.79 Å². The monoisotopic (exact) mass is 266 g/mol. The topological polar surface area (TPSA) is 87.5 Å². The van der Waals surface area contributed by atoms with Crippen LogP contribution in [0.1, 0.15) is 19.8 Å². The zero-order chi connectivity index (χ0) is 14.0. The van der Waals surface area contributed by atoms with Crippen molar-refractivity contribution >= 4 is 17.8 Å². The standard InChI is InChI=1S/C12H18N4O3/c1-12(10(17)18)4-7-16(8-5-12)11(19)13-9-3-6-15(2)14-9/h3,6H,4-5,7-8H2,1-2H3,(H,17,18)(H,13,14,19). The van der Waals surface area contributed by atoms with Crippen molar-refractivity contribution in [3.8, 4) is 0 Å². The lowest BCUT2D eigenvalue weighted by molar-refractivity contribution is -0.150. The van der Waals surface area contributed by atoms with Gasteiger partial charge in [-0.1, -0.05) is 0 Å². The SMILES string of the molecule is Cn1ccc(NC(=O)N2CCC(C)(C(=O)O)CC2)n1. The van der Waals surface area contributed by atoms with Gasteiger partial charge in [0.15, 0.2) is 5.82 Å². The molecule has 7 nitrogen and oxygen atoms in total. The van der Waals surface area contributed by atoms with Crippen molar-refractivity contribution in [2.24, 2.45) is 12.5 Å². The van der Waals surface area contributed by atoms with E-state index < -0.39 is 11.4 Å². The number of nitrogens with zero attached hydrogens (tertiary/aromatic N) is 3. The summed E-state index contributed by atoms with van der Waals surface area (Å²) >= 11 is 0. The molecule has 7 heteroatoms. The van der Waals surface area contributed by atoms with Crippen LogP contribution < -0.4 is 5.32 Å². The quantitative estimate of drug-likeness (QED) is 0.840. The molecule has 0 radical (unpaired) electrons. The van der Waals surface area contributed by atoms with E-state index in [1.165, 1.54) is 0 Å². The number of carboxylic acid groups (broad SMARTS) is 1. The number of carbonyl (C=O) groups is 2. The van der Waals surface area contributed by atoms with Gasteiger partial charge >= 0.3 is 12.0 Å². The van der Waals surface area contributed by atoms with Gasteiger partial charge in [-0.05, 0) is 19.8 Å². The van der Waals surface area contributed by atoms with Crippen LogP contribution in [-0.2, 0) is 11.8 Å². The summed E-state index contributed by atoms with van der Waals surface area (Å²) in [4.78, 5) is 24.7. The highest BCUT2D eigenvalue weighted by atomic mass is 16.4. The van der Waals surface area contributed by atoms with E-state index in [0.717, 1.165) is 0 Å². The lowest BCUT2D eigenvalue weighted by Gasteiger charge is -2.36. The van der Waals surface area contributed by atoms with Crippen molar-refractivity contribution in [2.75, 3.05) is 18.4 Å². The highest BCUT2D eigenvalue weighted by molar-refractivity contribution is 5.88. The van der Waals surface area contributed by atoms with Crippen LogP contribution in [0.2, 0.25) is 0 Å². The number of urea groups is 1. The molecule has 0 aliphatic carbocycles. The Morgan fingerprint density at radius 1 is 1.42 bits per heavy atom. The molecule has 0 aromatic carbocycles. The van der Waals surface area contributed by atoms with Crippen molar-refractivity contribution in [2.45, 2.75) is 19.8 Å². The van der Waals surface area contributed by atoms with Crippen LogP contribution in [0.25, 0.3) is 0 Å². The van der Waals surface area contributed by atoms with Crippen molar-refractivity contribution in [3.05, 3.63) is 12.3 Å². The second-order valence-corrected chi connectivity index (χ2v) is 5.16. The maximum Gasteiger partial charge on any atom is 0.323 e. The van der Waals surface area contributed by atoms with Gasteiger partial charge < -0.3 is 10.0 Å². The summed E-state index contributed by atoms with van der Waals surface area (Å²) in [7, 11) is 1.77. The summed E-state index contributed by atoms with van der Waals surface area (Å²) in [5, 5.41) is 15.9. The summed E-state index contributed by atoms with van der Waals surface area (Å²) in [5.74, 6) is -0.295. The van der Waals surface area contributed by atoms with Gasteiger partial charge in [-0.2, -0.15) is 5.10 Å². The molecular formula is C12H18N4O3. The van der Waals surface area contributed by atoms with E-state index in [1.54, 1.807) is 35.8 Å². The van der Waals surface area contributed by atoms with Crippen LogP contribution in [0.15, 0.2) is 12.3 Å². The number of carboxylic acids is 1. The predicted molar refractivity (Wildman–Crippen MR) is 68.8 cm³/mol. The van der Waals surface area contributed by atoms with Gasteiger partial charge in [0.05, 0.1) is 5.41 Å². The first-order chi connectivity index (χ1) is 8.90. The number of carbonyl (C=O) groups excluding carboxylic acids is 1. The number of aromatic nitrogens is 2. The Balaban J connectivity index is 1.91. The molecule has 1 aliphatic heterocycles. The Hall–Kier alpha value is -2.05. The Morgan fingerprint density at radius 2 is 2.05 bits per heavy atom. The number of nitrogens with one attached hydrogen (secondary N) is 1. The van der Waals surface area contributed by atoms with Crippen molar-refractivity contribution in [1.29, 1.82) is 0 Å². The van der Waals surface area contributed by atoms with Gasteiger partial charge in [0.25, 0.3) is 0 Å². The minimum Gasteiger partial charge on any atom is -0.481 e. The van der Waals surface area contributed by atoms with Crippen LogP contribution in [0.4, 0.5) is 10.6 Å². The van der Waals surface area contributed by atoms with Crippen LogP contribution in [0.3, 0.4) is 0 Å². The van der Waals surface area contributed by atoms with Gasteiger partial charge in [-0.3, -0.25) is 14.8 Å². The van der Waals surface area contributed by atoms with Crippen molar-refractivity contribution in [1.82, 2.24) is 14.7 Å². The minimum absolute atomic E-state index is 0.230. The molecule has 0 bridgehead atoms. The molecule has 0 spiro atoms. The molecule has 1 saturated heterocycles. The number of anilines is 1. The number of aliphatic carboxylic acids is 1. The first-order valence-electron chi connectivity index (χ1n) is 6.20. The summed E-state index contributed by atoms with van der Waals surface area (Å²) in [5.41, 5.74) is -0.720. The second kappa shape index (κ2) is 4.91. The summed E-state index contributed by atoms with van der Waals surface area (Å²) < 4.78 is 1.60. The van der Waals surface area contributed by atoms with E-state index in [4.69, 9.17) is 5.11 Å². The third-order valence-corrected chi connectivity index (χ3v) is 3.62. The Morgan fingerprint density at radius 3 is 2.53 bits per heavy atom. The third-order valence-electron chi connectivity index (χ3n) is 3.62. The van der Waals surface area contributed by atoms with Crippen LogP contribution in [-0.4, -0.2) is 44.9 Å². The number of hydrogen-bond donors (Lipinski definition) is 2. The van der Waals surface area contributed by atoms with Gasteiger partial charge in [0.2, 0.25) is 0 Å². The molecule has 19 heavy (non-hydrogen) atoms. The molecule has 0 unspecified atom stereocenters. The highest BCUT2D eigenvalue weighted by Gasteiger charge is 2.38. The van der Waals surface area contributed by atoms with Crippen LogP contribution in [0.5, 0.6) is 0 Å².